The molecule has 0 aromatic carbocycles. The van der Waals surface area contributed by atoms with Crippen LogP contribution >= 0.6 is 0 Å². The van der Waals surface area contributed by atoms with Crippen LogP contribution in [0.15, 0.2) is 0 Å². The molecule has 0 aliphatic heterocycles. The minimum absolute atomic E-state index is 0. The lowest BCUT2D eigenvalue weighted by atomic mass is 11.4. The molecule has 4 heteroatoms. The van der Waals surface area contributed by atoms with E-state index in [1.165, 1.54) is 0 Å². The van der Waals surface area contributed by atoms with Crippen molar-refractivity contribution < 1.29 is 14.6 Å². The third-order valence-corrected chi connectivity index (χ3v) is 0.175. The molecule has 38 valence electrons. The average Bonchev–Trinajstić information content (AvgIpc) is 1.38. The van der Waals surface area contributed by atoms with Gasteiger partial charge in [-0.2, -0.15) is 0 Å². The molecule has 4 nitrogen and oxygen atoms in total. The van der Waals surface area contributed by atoms with E-state index >= 15 is 0 Å². The van der Waals surface area contributed by atoms with Gasteiger partial charge in [0.25, 0.3) is 0 Å². The van der Waals surface area contributed by atoms with E-state index < -0.39 is 6.16 Å². The Labute approximate surface area is 35.3 Å². The summed E-state index contributed by atoms with van der Waals surface area (Å²) in [5.41, 5.74) is 0. The SMILES string of the molecule is COC(=O)O.N. The second-order valence-corrected chi connectivity index (χ2v) is 0.470. The number of ether oxygens (including phenoxy) is 1. The van der Waals surface area contributed by atoms with Gasteiger partial charge in [-0.3, -0.25) is 0 Å². The molecule has 0 bridgehead atoms. The Balaban J connectivity index is 0. The van der Waals surface area contributed by atoms with E-state index in [-0.39, 0.29) is 6.15 Å². The minimum Gasteiger partial charge on any atom is -0.450 e. The molecular formula is C2H7NO3. The van der Waals surface area contributed by atoms with E-state index in [1.54, 1.807) is 0 Å². The fourth-order valence-corrected chi connectivity index (χ4v) is 0. The highest BCUT2D eigenvalue weighted by Gasteiger charge is 1.80. The lowest BCUT2D eigenvalue weighted by Crippen LogP contribution is -1.91. The Bertz CT molecular complexity index is 44.1. The van der Waals surface area contributed by atoms with Gasteiger partial charge in [0, 0.05) is 0 Å². The lowest BCUT2D eigenvalue weighted by molar-refractivity contribution is 0.114. The summed E-state index contributed by atoms with van der Waals surface area (Å²) >= 11 is 0. The summed E-state index contributed by atoms with van der Waals surface area (Å²) in [6.07, 6.45) is -1.25. The predicted octanol–water partition coefficient (Wildman–Crippen LogP) is 0.473. The quantitative estimate of drug-likeness (QED) is 0.426. The zero-order valence-corrected chi connectivity index (χ0v) is 3.47. The summed E-state index contributed by atoms with van der Waals surface area (Å²) in [5.74, 6) is 0. The van der Waals surface area contributed by atoms with Crippen LogP contribution in [0, 0.1) is 0 Å². The van der Waals surface area contributed by atoms with Crippen molar-refractivity contribution >= 4 is 6.16 Å². The van der Waals surface area contributed by atoms with Gasteiger partial charge in [0.1, 0.15) is 0 Å². The van der Waals surface area contributed by atoms with Gasteiger partial charge in [-0.15, -0.1) is 0 Å². The van der Waals surface area contributed by atoms with Crippen molar-refractivity contribution in [2.24, 2.45) is 0 Å². The molecule has 4 N–H and O–H groups in total. The maximum absolute atomic E-state index is 9.15. The van der Waals surface area contributed by atoms with Gasteiger partial charge >= 0.3 is 6.16 Å². The van der Waals surface area contributed by atoms with E-state index in [9.17, 15) is 0 Å². The summed E-state index contributed by atoms with van der Waals surface area (Å²) in [6, 6.07) is 0. The van der Waals surface area contributed by atoms with Crippen LogP contribution in [0.25, 0.3) is 0 Å². The van der Waals surface area contributed by atoms with Crippen LogP contribution < -0.4 is 6.15 Å². The smallest absolute Gasteiger partial charge is 0.450 e. The van der Waals surface area contributed by atoms with Crippen molar-refractivity contribution in [3.63, 3.8) is 0 Å². The van der Waals surface area contributed by atoms with E-state index in [2.05, 4.69) is 4.74 Å². The Morgan fingerprint density at radius 3 is 2.00 bits per heavy atom. The molecule has 0 saturated carbocycles. The summed E-state index contributed by atoms with van der Waals surface area (Å²) in [5, 5.41) is 7.50. The third-order valence-electron chi connectivity index (χ3n) is 0.175. The Kier molecular flexibility index (Phi) is 6.32. The zero-order valence-electron chi connectivity index (χ0n) is 3.47. The van der Waals surface area contributed by atoms with Gasteiger partial charge in [-0.25, -0.2) is 4.79 Å². The predicted molar refractivity (Wildman–Crippen MR) is 20.1 cm³/mol. The van der Waals surface area contributed by atoms with Crippen LogP contribution in [0.2, 0.25) is 0 Å². The summed E-state index contributed by atoms with van der Waals surface area (Å²) < 4.78 is 3.67. The topological polar surface area (TPSA) is 81.5 Å². The van der Waals surface area contributed by atoms with Gasteiger partial charge < -0.3 is 16.0 Å². The zero-order chi connectivity index (χ0) is 4.28. The molecule has 0 aliphatic carbocycles. The molecule has 0 atom stereocenters. The number of carbonyl (C=O) groups is 1. The van der Waals surface area contributed by atoms with Gasteiger partial charge in [-0.1, -0.05) is 0 Å². The largest absolute Gasteiger partial charge is 0.505 e. The molecule has 0 amide bonds. The summed E-state index contributed by atoms with van der Waals surface area (Å²) in [6.45, 7) is 0. The van der Waals surface area contributed by atoms with E-state index in [0.717, 1.165) is 7.11 Å². The highest BCUT2D eigenvalue weighted by Crippen LogP contribution is 1.60. The number of hydrogen-bond donors (Lipinski definition) is 2. The molecule has 6 heavy (non-hydrogen) atoms. The van der Waals surface area contributed by atoms with Crippen LogP contribution in [0.1, 0.15) is 0 Å². The molecule has 0 radical (unpaired) electrons. The van der Waals surface area contributed by atoms with Crippen LogP contribution in [-0.2, 0) is 4.74 Å². The highest BCUT2D eigenvalue weighted by atomic mass is 16.6. The molecule has 0 saturated heterocycles. The molecule has 0 aromatic heterocycles. The van der Waals surface area contributed by atoms with E-state index in [1.807, 2.05) is 0 Å². The van der Waals surface area contributed by atoms with Crippen LogP contribution in [0.5, 0.6) is 0 Å². The molecule has 0 spiro atoms. The second kappa shape index (κ2) is 4.23. The summed E-state index contributed by atoms with van der Waals surface area (Å²) in [4.78, 5) is 9.15. The Morgan fingerprint density at radius 1 is 1.83 bits per heavy atom. The van der Waals surface area contributed by atoms with Gasteiger partial charge in [-0.05, 0) is 0 Å². The van der Waals surface area contributed by atoms with Gasteiger partial charge in [0.05, 0.1) is 7.11 Å². The second-order valence-electron chi connectivity index (χ2n) is 0.470. The van der Waals surface area contributed by atoms with Crippen molar-refractivity contribution in [2.75, 3.05) is 7.11 Å². The Morgan fingerprint density at radius 2 is 2.00 bits per heavy atom. The molecule has 0 unspecified atom stereocenters. The monoisotopic (exact) mass is 93.0 g/mol. The molecule has 0 rings (SSSR count). The molecular weight excluding hydrogens is 86.0 g/mol. The van der Waals surface area contributed by atoms with E-state index in [0.29, 0.717) is 0 Å². The van der Waals surface area contributed by atoms with E-state index in [4.69, 9.17) is 9.90 Å². The van der Waals surface area contributed by atoms with Crippen LogP contribution in [0.3, 0.4) is 0 Å². The molecule has 0 aliphatic rings. The minimum atomic E-state index is -1.25. The first-order valence-electron chi connectivity index (χ1n) is 1.04. The highest BCUT2D eigenvalue weighted by molar-refractivity contribution is 5.56. The van der Waals surface area contributed by atoms with Crippen molar-refractivity contribution in [3.8, 4) is 0 Å². The summed E-state index contributed by atoms with van der Waals surface area (Å²) in [7, 11) is 1.10. The number of carboxylic acid groups (broad SMARTS) is 1. The van der Waals surface area contributed by atoms with Crippen LogP contribution in [0.4, 0.5) is 4.79 Å². The fourth-order valence-electron chi connectivity index (χ4n) is 0. The van der Waals surface area contributed by atoms with Crippen LogP contribution in [-0.4, -0.2) is 18.4 Å². The van der Waals surface area contributed by atoms with Crippen molar-refractivity contribution in [1.82, 2.24) is 6.15 Å². The van der Waals surface area contributed by atoms with Crippen molar-refractivity contribution in [1.29, 1.82) is 0 Å². The average molecular weight is 93.1 g/mol. The Hall–Kier alpha value is -0.770. The first-order chi connectivity index (χ1) is 2.27. The van der Waals surface area contributed by atoms with Gasteiger partial charge in [0.15, 0.2) is 0 Å². The van der Waals surface area contributed by atoms with Gasteiger partial charge in [0.2, 0.25) is 0 Å². The standard InChI is InChI=1S/C2H4O3.H3N/c1-5-2(3)4;/h1H3,(H,3,4);1H3. The maximum atomic E-state index is 9.15. The van der Waals surface area contributed by atoms with Crippen molar-refractivity contribution in [2.45, 2.75) is 0 Å². The fraction of sp³-hybridized carbons (Fsp3) is 0.500. The molecule has 0 fully saturated rings. The normalized spacial score (nSPS) is 5.50. The third kappa shape index (κ3) is 10.6. The maximum Gasteiger partial charge on any atom is 0.505 e. The number of hydrogen-bond acceptors (Lipinski definition) is 3. The first kappa shape index (κ1) is 8.97. The molecule has 0 heterocycles. The number of rotatable bonds is 0. The first-order valence-corrected chi connectivity index (χ1v) is 1.04. The van der Waals surface area contributed by atoms with Crippen molar-refractivity contribution in [3.05, 3.63) is 0 Å². The molecule has 0 aromatic rings. The number of methoxy groups -OCH3 is 1. The lowest BCUT2D eigenvalue weighted by Gasteiger charge is -1.79.